The average molecular weight is 166 g/mol. The maximum absolute atomic E-state index is 10.4. The number of carboxylic acids is 1. The highest BCUT2D eigenvalue weighted by Crippen LogP contribution is 2.07. The van der Waals surface area contributed by atoms with E-state index in [0.717, 1.165) is 5.56 Å². The van der Waals surface area contributed by atoms with Crippen molar-refractivity contribution in [3.63, 3.8) is 0 Å². The Morgan fingerprint density at radius 1 is 1.67 bits per heavy atom. The van der Waals surface area contributed by atoms with Gasteiger partial charge in [-0.1, -0.05) is 6.07 Å². The van der Waals surface area contributed by atoms with Crippen LogP contribution in [-0.4, -0.2) is 16.1 Å². The molecule has 4 nitrogen and oxygen atoms in total. The van der Waals surface area contributed by atoms with Crippen molar-refractivity contribution in [1.29, 1.82) is 0 Å². The van der Waals surface area contributed by atoms with Crippen LogP contribution in [0.5, 0.6) is 0 Å². The van der Waals surface area contributed by atoms with Gasteiger partial charge in [-0.3, -0.25) is 9.78 Å². The molecule has 0 aromatic carbocycles. The standard InChI is InChI=1S/C8H10N2O2/c1-5-2-3-6(10-4-5)7(9)8(11)12/h2-4,7H,9H2,1H3,(H,11,12)/t7-/m0/s1. The van der Waals surface area contributed by atoms with E-state index < -0.39 is 12.0 Å². The van der Waals surface area contributed by atoms with Crippen molar-refractivity contribution in [2.45, 2.75) is 13.0 Å². The van der Waals surface area contributed by atoms with Gasteiger partial charge in [0.2, 0.25) is 0 Å². The number of aliphatic carboxylic acids is 1. The second-order valence-corrected chi connectivity index (χ2v) is 2.58. The number of carbonyl (C=O) groups is 1. The molecule has 0 aliphatic carbocycles. The largest absolute Gasteiger partial charge is 0.480 e. The summed E-state index contributed by atoms with van der Waals surface area (Å²) in [4.78, 5) is 14.3. The van der Waals surface area contributed by atoms with Gasteiger partial charge in [-0.2, -0.15) is 0 Å². The Labute approximate surface area is 70.0 Å². The zero-order chi connectivity index (χ0) is 9.14. The number of pyridine rings is 1. The summed E-state index contributed by atoms with van der Waals surface area (Å²) in [6.45, 7) is 1.88. The van der Waals surface area contributed by atoms with Crippen LogP contribution in [0.4, 0.5) is 0 Å². The minimum absolute atomic E-state index is 0.383. The number of rotatable bonds is 2. The molecule has 0 aliphatic heterocycles. The first-order chi connectivity index (χ1) is 5.61. The monoisotopic (exact) mass is 166 g/mol. The third kappa shape index (κ3) is 1.79. The van der Waals surface area contributed by atoms with Gasteiger partial charge in [0, 0.05) is 6.20 Å². The molecule has 1 aromatic rings. The van der Waals surface area contributed by atoms with Crippen molar-refractivity contribution in [2.24, 2.45) is 5.73 Å². The number of hydrogen-bond donors (Lipinski definition) is 2. The van der Waals surface area contributed by atoms with Crippen molar-refractivity contribution in [2.75, 3.05) is 0 Å². The van der Waals surface area contributed by atoms with E-state index in [1.165, 1.54) is 0 Å². The summed E-state index contributed by atoms with van der Waals surface area (Å²) in [6.07, 6.45) is 1.60. The van der Waals surface area contributed by atoms with Crippen molar-refractivity contribution < 1.29 is 9.90 Å². The Morgan fingerprint density at radius 3 is 2.75 bits per heavy atom. The van der Waals surface area contributed by atoms with E-state index in [2.05, 4.69) is 4.98 Å². The van der Waals surface area contributed by atoms with Crippen molar-refractivity contribution in [3.8, 4) is 0 Å². The highest BCUT2D eigenvalue weighted by molar-refractivity contribution is 5.74. The maximum atomic E-state index is 10.4. The lowest BCUT2D eigenvalue weighted by atomic mass is 10.2. The molecule has 0 unspecified atom stereocenters. The highest BCUT2D eigenvalue weighted by atomic mass is 16.4. The lowest BCUT2D eigenvalue weighted by Crippen LogP contribution is -2.21. The molecule has 1 heterocycles. The van der Waals surface area contributed by atoms with Crippen LogP contribution in [0.1, 0.15) is 17.3 Å². The van der Waals surface area contributed by atoms with E-state index in [1.807, 2.05) is 6.92 Å². The van der Waals surface area contributed by atoms with Crippen LogP contribution < -0.4 is 5.73 Å². The average Bonchev–Trinajstić information content (AvgIpc) is 2.04. The topological polar surface area (TPSA) is 76.2 Å². The van der Waals surface area contributed by atoms with Crippen LogP contribution in [0.2, 0.25) is 0 Å². The van der Waals surface area contributed by atoms with Gasteiger partial charge in [-0.05, 0) is 18.6 Å². The van der Waals surface area contributed by atoms with Gasteiger partial charge >= 0.3 is 5.97 Å². The Balaban J connectivity index is 2.89. The van der Waals surface area contributed by atoms with Crippen LogP contribution in [0, 0.1) is 6.92 Å². The second kappa shape index (κ2) is 3.32. The molecule has 0 bridgehead atoms. The van der Waals surface area contributed by atoms with Gasteiger partial charge in [0.25, 0.3) is 0 Å². The molecular weight excluding hydrogens is 156 g/mol. The van der Waals surface area contributed by atoms with E-state index in [-0.39, 0.29) is 0 Å². The fourth-order valence-electron chi connectivity index (χ4n) is 0.790. The normalized spacial score (nSPS) is 12.5. The molecule has 64 valence electrons. The first kappa shape index (κ1) is 8.67. The molecule has 4 heteroatoms. The predicted octanol–water partition coefficient (Wildman–Crippen LogP) is 0.474. The van der Waals surface area contributed by atoms with Gasteiger partial charge in [-0.25, -0.2) is 0 Å². The molecule has 1 aromatic heterocycles. The third-order valence-electron chi connectivity index (χ3n) is 1.52. The lowest BCUT2D eigenvalue weighted by molar-refractivity contribution is -0.138. The maximum Gasteiger partial charge on any atom is 0.326 e. The molecule has 0 spiro atoms. The summed E-state index contributed by atoms with van der Waals surface area (Å²) in [7, 11) is 0. The van der Waals surface area contributed by atoms with Gasteiger partial charge in [-0.15, -0.1) is 0 Å². The summed E-state index contributed by atoms with van der Waals surface area (Å²) in [5.41, 5.74) is 6.69. The van der Waals surface area contributed by atoms with E-state index in [0.29, 0.717) is 5.69 Å². The zero-order valence-corrected chi connectivity index (χ0v) is 6.69. The highest BCUT2D eigenvalue weighted by Gasteiger charge is 2.14. The Kier molecular flexibility index (Phi) is 2.40. The first-order valence-electron chi connectivity index (χ1n) is 3.52. The van der Waals surface area contributed by atoms with E-state index in [1.54, 1.807) is 18.3 Å². The fraction of sp³-hybridized carbons (Fsp3) is 0.250. The first-order valence-corrected chi connectivity index (χ1v) is 3.52. The SMILES string of the molecule is Cc1ccc([C@H](N)C(=O)O)nc1. The Morgan fingerprint density at radius 2 is 2.33 bits per heavy atom. The van der Waals surface area contributed by atoms with Crippen LogP contribution in [-0.2, 0) is 4.79 Å². The van der Waals surface area contributed by atoms with E-state index >= 15 is 0 Å². The van der Waals surface area contributed by atoms with Crippen LogP contribution in [0.15, 0.2) is 18.3 Å². The van der Waals surface area contributed by atoms with E-state index in [4.69, 9.17) is 10.8 Å². The number of carboxylic acid groups (broad SMARTS) is 1. The fourth-order valence-corrected chi connectivity index (χ4v) is 0.790. The minimum atomic E-state index is -1.06. The van der Waals surface area contributed by atoms with Crippen LogP contribution in [0.3, 0.4) is 0 Å². The van der Waals surface area contributed by atoms with E-state index in [9.17, 15) is 4.79 Å². The van der Waals surface area contributed by atoms with Crippen LogP contribution in [0.25, 0.3) is 0 Å². The van der Waals surface area contributed by atoms with Crippen LogP contribution >= 0.6 is 0 Å². The smallest absolute Gasteiger partial charge is 0.326 e. The molecule has 0 aliphatic rings. The number of nitrogens with zero attached hydrogens (tertiary/aromatic N) is 1. The number of nitrogens with two attached hydrogens (primary N) is 1. The summed E-state index contributed by atoms with van der Waals surface area (Å²) in [5, 5.41) is 8.54. The molecule has 0 saturated heterocycles. The number of hydrogen-bond acceptors (Lipinski definition) is 3. The van der Waals surface area contributed by atoms with Crippen molar-refractivity contribution in [3.05, 3.63) is 29.6 Å². The van der Waals surface area contributed by atoms with Gasteiger partial charge in [0.05, 0.1) is 5.69 Å². The molecule has 0 fully saturated rings. The third-order valence-corrected chi connectivity index (χ3v) is 1.52. The summed E-state index contributed by atoms with van der Waals surface area (Å²) in [5.74, 6) is -1.06. The Hall–Kier alpha value is -1.42. The molecule has 0 saturated carbocycles. The molecular formula is C8H10N2O2. The summed E-state index contributed by atoms with van der Waals surface area (Å²) < 4.78 is 0. The summed E-state index contributed by atoms with van der Waals surface area (Å²) in [6, 6.07) is 2.38. The van der Waals surface area contributed by atoms with Gasteiger partial charge < -0.3 is 10.8 Å². The molecule has 1 atom stereocenters. The molecule has 12 heavy (non-hydrogen) atoms. The quantitative estimate of drug-likeness (QED) is 0.669. The lowest BCUT2D eigenvalue weighted by Gasteiger charge is -2.04. The van der Waals surface area contributed by atoms with Gasteiger partial charge in [0.15, 0.2) is 0 Å². The molecule has 1 rings (SSSR count). The second-order valence-electron chi connectivity index (χ2n) is 2.58. The van der Waals surface area contributed by atoms with Crippen molar-refractivity contribution in [1.82, 2.24) is 4.98 Å². The zero-order valence-electron chi connectivity index (χ0n) is 6.69. The number of aromatic nitrogens is 1. The van der Waals surface area contributed by atoms with Crippen molar-refractivity contribution >= 4 is 5.97 Å². The van der Waals surface area contributed by atoms with Gasteiger partial charge in [0.1, 0.15) is 6.04 Å². The molecule has 0 amide bonds. The minimum Gasteiger partial charge on any atom is -0.480 e. The summed E-state index contributed by atoms with van der Waals surface area (Å²) >= 11 is 0. The molecule has 0 radical (unpaired) electrons. The Bertz CT molecular complexity index is 282. The predicted molar refractivity (Wildman–Crippen MR) is 43.5 cm³/mol. The molecule has 3 N–H and O–H groups in total. The number of aryl methyl sites for hydroxylation is 1.